The van der Waals surface area contributed by atoms with E-state index in [1.165, 1.54) is 18.2 Å². The molecule has 2 aromatic rings. The van der Waals surface area contributed by atoms with Crippen molar-refractivity contribution in [3.05, 3.63) is 52.1 Å². The number of H-pyrrole nitrogens is 1. The number of nitrogens with one attached hydrogen (secondary N) is 1. The van der Waals surface area contributed by atoms with E-state index >= 15 is 0 Å². The van der Waals surface area contributed by atoms with E-state index in [0.717, 1.165) is 5.69 Å². The van der Waals surface area contributed by atoms with Gasteiger partial charge in [-0.3, -0.25) is 0 Å². The predicted molar refractivity (Wildman–Crippen MR) is 62.4 cm³/mol. The largest absolute Gasteiger partial charge is 0.337 e. The van der Waals surface area contributed by atoms with Crippen molar-refractivity contribution in [3.63, 3.8) is 0 Å². The molecular formula is C12H10F2N2S. The van der Waals surface area contributed by atoms with Crippen LogP contribution in [0.4, 0.5) is 8.78 Å². The summed E-state index contributed by atoms with van der Waals surface area (Å²) in [6.45, 7) is 0.537. The number of halogens is 2. The van der Waals surface area contributed by atoms with Crippen LogP contribution in [0.3, 0.4) is 0 Å². The van der Waals surface area contributed by atoms with Gasteiger partial charge in [-0.05, 0) is 30.8 Å². The third kappa shape index (κ3) is 1.61. The standard InChI is InChI=1S/C12H10F2N2S/c13-9-2-1-3-10(14)11(9)7-4-8-5-15-12(17)16(8)6-7/h1-3,5,7H,4,6H2,(H,15,17)/t7-/m1/s1. The molecule has 0 saturated heterocycles. The fourth-order valence-electron chi connectivity index (χ4n) is 2.43. The summed E-state index contributed by atoms with van der Waals surface area (Å²) in [4.78, 5) is 2.93. The number of rotatable bonds is 1. The van der Waals surface area contributed by atoms with Gasteiger partial charge in [0.2, 0.25) is 0 Å². The Labute approximate surface area is 102 Å². The first-order valence-electron chi connectivity index (χ1n) is 5.38. The third-order valence-corrected chi connectivity index (χ3v) is 3.56. The summed E-state index contributed by atoms with van der Waals surface area (Å²) in [7, 11) is 0. The second kappa shape index (κ2) is 3.77. The number of nitrogens with zero attached hydrogens (tertiary/aromatic N) is 1. The number of hydrogen-bond acceptors (Lipinski definition) is 1. The van der Waals surface area contributed by atoms with Gasteiger partial charge < -0.3 is 9.55 Å². The molecule has 0 saturated carbocycles. The Morgan fingerprint density at radius 2 is 2.00 bits per heavy atom. The molecule has 1 aromatic carbocycles. The summed E-state index contributed by atoms with van der Waals surface area (Å²) in [5.74, 6) is -1.12. The summed E-state index contributed by atoms with van der Waals surface area (Å²) in [6.07, 6.45) is 2.42. The van der Waals surface area contributed by atoms with Crippen molar-refractivity contribution < 1.29 is 8.78 Å². The summed E-state index contributed by atoms with van der Waals surface area (Å²) in [5, 5.41) is 0. The molecule has 0 amide bonds. The van der Waals surface area contributed by atoms with E-state index in [2.05, 4.69) is 4.98 Å². The van der Waals surface area contributed by atoms with E-state index in [4.69, 9.17) is 12.2 Å². The van der Waals surface area contributed by atoms with Gasteiger partial charge in [0.25, 0.3) is 0 Å². The van der Waals surface area contributed by atoms with Crippen LogP contribution in [0.15, 0.2) is 24.4 Å². The molecule has 1 N–H and O–H groups in total. The van der Waals surface area contributed by atoms with Gasteiger partial charge in [-0.25, -0.2) is 8.78 Å². The fraction of sp³-hybridized carbons (Fsp3) is 0.250. The smallest absolute Gasteiger partial charge is 0.177 e. The maximum Gasteiger partial charge on any atom is 0.177 e. The molecule has 0 fully saturated rings. The second-order valence-electron chi connectivity index (χ2n) is 4.23. The summed E-state index contributed by atoms with van der Waals surface area (Å²) >= 11 is 5.10. The highest BCUT2D eigenvalue weighted by atomic mass is 32.1. The van der Waals surface area contributed by atoms with Crippen molar-refractivity contribution in [3.8, 4) is 0 Å². The minimum atomic E-state index is -0.476. The molecule has 0 radical (unpaired) electrons. The lowest BCUT2D eigenvalue weighted by molar-refractivity contribution is 0.513. The molecule has 5 heteroatoms. The Morgan fingerprint density at radius 3 is 2.65 bits per heavy atom. The molecule has 0 spiro atoms. The predicted octanol–water partition coefficient (Wildman–Crippen LogP) is 3.16. The minimum Gasteiger partial charge on any atom is -0.337 e. The Kier molecular flexibility index (Phi) is 2.36. The van der Waals surface area contributed by atoms with Crippen molar-refractivity contribution >= 4 is 12.2 Å². The highest BCUT2D eigenvalue weighted by molar-refractivity contribution is 7.71. The van der Waals surface area contributed by atoms with Crippen LogP contribution in [0.25, 0.3) is 0 Å². The number of fused-ring (bicyclic) bond motifs is 1. The van der Waals surface area contributed by atoms with Crippen LogP contribution in [0.1, 0.15) is 17.2 Å². The second-order valence-corrected chi connectivity index (χ2v) is 4.62. The quantitative estimate of drug-likeness (QED) is 0.773. The molecule has 1 aliphatic heterocycles. The van der Waals surface area contributed by atoms with Gasteiger partial charge in [0.05, 0.1) is 0 Å². The number of aromatic nitrogens is 2. The average Bonchev–Trinajstić information content (AvgIpc) is 2.82. The van der Waals surface area contributed by atoms with Crippen molar-refractivity contribution in [1.82, 2.24) is 9.55 Å². The molecule has 17 heavy (non-hydrogen) atoms. The lowest BCUT2D eigenvalue weighted by Gasteiger charge is -2.11. The molecule has 2 nitrogen and oxygen atoms in total. The monoisotopic (exact) mass is 252 g/mol. The lowest BCUT2D eigenvalue weighted by Crippen LogP contribution is -2.06. The number of imidazole rings is 1. The van der Waals surface area contributed by atoms with E-state index in [1.54, 1.807) is 6.20 Å². The first-order valence-corrected chi connectivity index (χ1v) is 5.78. The molecule has 2 heterocycles. The van der Waals surface area contributed by atoms with Crippen LogP contribution in [0.2, 0.25) is 0 Å². The zero-order valence-electron chi connectivity index (χ0n) is 8.91. The van der Waals surface area contributed by atoms with E-state index < -0.39 is 11.6 Å². The third-order valence-electron chi connectivity index (χ3n) is 3.22. The number of aromatic amines is 1. The SMILES string of the molecule is Fc1cccc(F)c1[C@@H]1Cc2c[nH]c(=S)n2C1. The van der Waals surface area contributed by atoms with Crippen molar-refractivity contribution in [2.75, 3.05) is 0 Å². The van der Waals surface area contributed by atoms with Crippen LogP contribution in [0, 0.1) is 16.4 Å². The molecular weight excluding hydrogens is 242 g/mol. The summed E-state index contributed by atoms with van der Waals surface area (Å²) < 4.78 is 29.8. The van der Waals surface area contributed by atoms with Gasteiger partial charge >= 0.3 is 0 Å². The Morgan fingerprint density at radius 1 is 1.29 bits per heavy atom. The average molecular weight is 252 g/mol. The number of benzene rings is 1. The van der Waals surface area contributed by atoms with Gasteiger partial charge in [-0.1, -0.05) is 6.07 Å². The van der Waals surface area contributed by atoms with Gasteiger partial charge in [-0.15, -0.1) is 0 Å². The lowest BCUT2D eigenvalue weighted by atomic mass is 9.96. The maximum absolute atomic E-state index is 13.6. The van der Waals surface area contributed by atoms with Crippen LogP contribution in [-0.2, 0) is 13.0 Å². The molecule has 0 aliphatic carbocycles. The van der Waals surface area contributed by atoms with Crippen molar-refractivity contribution in [2.45, 2.75) is 18.9 Å². The Bertz CT molecular complexity index is 609. The summed E-state index contributed by atoms with van der Waals surface area (Å²) in [6, 6.07) is 3.98. The van der Waals surface area contributed by atoms with E-state index in [0.29, 0.717) is 17.7 Å². The Hall–Kier alpha value is -1.49. The van der Waals surface area contributed by atoms with Crippen LogP contribution in [0.5, 0.6) is 0 Å². The fourth-order valence-corrected chi connectivity index (χ4v) is 2.68. The zero-order valence-corrected chi connectivity index (χ0v) is 9.73. The highest BCUT2D eigenvalue weighted by Crippen LogP contribution is 2.32. The zero-order chi connectivity index (χ0) is 12.0. The van der Waals surface area contributed by atoms with E-state index in [1.807, 2.05) is 4.57 Å². The maximum atomic E-state index is 13.6. The van der Waals surface area contributed by atoms with Crippen molar-refractivity contribution in [2.24, 2.45) is 0 Å². The molecule has 3 rings (SSSR count). The van der Waals surface area contributed by atoms with Gasteiger partial charge in [-0.2, -0.15) is 0 Å². The van der Waals surface area contributed by atoms with Crippen LogP contribution < -0.4 is 0 Å². The first-order chi connectivity index (χ1) is 8.16. The minimum absolute atomic E-state index is 0.164. The van der Waals surface area contributed by atoms with Crippen LogP contribution in [-0.4, -0.2) is 9.55 Å². The van der Waals surface area contributed by atoms with Gasteiger partial charge in [0.1, 0.15) is 11.6 Å². The molecule has 1 atom stereocenters. The normalized spacial score (nSPS) is 18.4. The molecule has 1 aliphatic rings. The van der Waals surface area contributed by atoms with E-state index in [9.17, 15) is 8.78 Å². The van der Waals surface area contributed by atoms with E-state index in [-0.39, 0.29) is 11.5 Å². The highest BCUT2D eigenvalue weighted by Gasteiger charge is 2.28. The molecule has 88 valence electrons. The van der Waals surface area contributed by atoms with Crippen LogP contribution >= 0.6 is 12.2 Å². The van der Waals surface area contributed by atoms with Gasteiger partial charge in [0.15, 0.2) is 4.77 Å². The van der Waals surface area contributed by atoms with Crippen molar-refractivity contribution in [1.29, 1.82) is 0 Å². The molecule has 0 bridgehead atoms. The molecule has 1 aromatic heterocycles. The first kappa shape index (κ1) is 10.7. The topological polar surface area (TPSA) is 20.7 Å². The van der Waals surface area contributed by atoms with Gasteiger partial charge in [0, 0.05) is 29.9 Å². The summed E-state index contributed by atoms with van der Waals surface area (Å²) in [5.41, 5.74) is 1.17. The number of hydrogen-bond donors (Lipinski definition) is 1. The molecule has 0 unspecified atom stereocenters. The Balaban J connectivity index is 2.02.